The van der Waals surface area contributed by atoms with E-state index in [1.54, 1.807) is 13.1 Å². The maximum atomic E-state index is 12.2. The van der Waals surface area contributed by atoms with Gasteiger partial charge in [-0.25, -0.2) is 9.97 Å². The Balaban J connectivity index is 2.30. The molecular formula is C12H10ClN5O3. The molecule has 2 heterocycles. The van der Waals surface area contributed by atoms with E-state index in [1.807, 2.05) is 0 Å². The fourth-order valence-electron chi connectivity index (χ4n) is 1.56. The number of nitrogens with zero attached hydrogens (tertiary/aromatic N) is 3. The number of hydrogen-bond acceptors (Lipinski definition) is 6. The van der Waals surface area contributed by atoms with Crippen molar-refractivity contribution in [2.75, 3.05) is 17.7 Å². The van der Waals surface area contributed by atoms with Gasteiger partial charge in [0.25, 0.3) is 11.6 Å². The zero-order valence-corrected chi connectivity index (χ0v) is 11.6. The number of hydrogen-bond donors (Lipinski definition) is 2. The van der Waals surface area contributed by atoms with Crippen molar-refractivity contribution in [2.45, 2.75) is 0 Å². The fourth-order valence-corrected chi connectivity index (χ4v) is 1.67. The second-order valence-corrected chi connectivity index (χ2v) is 4.35. The molecule has 21 heavy (non-hydrogen) atoms. The first kappa shape index (κ1) is 14.7. The van der Waals surface area contributed by atoms with Crippen molar-refractivity contribution in [3.63, 3.8) is 0 Å². The second kappa shape index (κ2) is 6.14. The van der Waals surface area contributed by atoms with Gasteiger partial charge in [0.2, 0.25) is 0 Å². The third-order valence-electron chi connectivity index (χ3n) is 2.53. The van der Waals surface area contributed by atoms with Crippen LogP contribution in [-0.4, -0.2) is 27.8 Å². The van der Waals surface area contributed by atoms with Crippen molar-refractivity contribution in [2.24, 2.45) is 0 Å². The third-order valence-corrected chi connectivity index (χ3v) is 2.76. The Morgan fingerprint density at radius 2 is 2.10 bits per heavy atom. The van der Waals surface area contributed by atoms with E-state index in [0.717, 1.165) is 12.3 Å². The maximum absolute atomic E-state index is 12.2. The smallest absolute Gasteiger partial charge is 0.288 e. The Bertz CT molecular complexity index is 690. The number of nitro groups is 1. The molecule has 0 atom stereocenters. The van der Waals surface area contributed by atoms with Gasteiger partial charge < -0.3 is 10.6 Å². The summed E-state index contributed by atoms with van der Waals surface area (Å²) >= 11 is 5.70. The zero-order chi connectivity index (χ0) is 15.4. The van der Waals surface area contributed by atoms with Crippen LogP contribution in [0.5, 0.6) is 0 Å². The molecule has 0 aromatic carbocycles. The van der Waals surface area contributed by atoms with Gasteiger partial charge in [-0.05, 0) is 12.1 Å². The zero-order valence-electron chi connectivity index (χ0n) is 10.8. The van der Waals surface area contributed by atoms with Crippen molar-refractivity contribution >= 4 is 34.8 Å². The van der Waals surface area contributed by atoms with Crippen LogP contribution in [0.1, 0.15) is 10.4 Å². The van der Waals surface area contributed by atoms with Gasteiger partial charge in [0.15, 0.2) is 0 Å². The number of aromatic nitrogens is 2. The number of anilines is 2. The van der Waals surface area contributed by atoms with Crippen LogP contribution in [0, 0.1) is 10.1 Å². The maximum Gasteiger partial charge on any atom is 0.288 e. The third kappa shape index (κ3) is 3.42. The molecule has 0 fully saturated rings. The van der Waals surface area contributed by atoms with E-state index in [2.05, 4.69) is 20.6 Å². The summed E-state index contributed by atoms with van der Waals surface area (Å²) in [5.41, 5.74) is -0.230. The summed E-state index contributed by atoms with van der Waals surface area (Å²) < 4.78 is 0. The van der Waals surface area contributed by atoms with Gasteiger partial charge in [-0.2, -0.15) is 0 Å². The molecule has 108 valence electrons. The van der Waals surface area contributed by atoms with Gasteiger partial charge in [0.1, 0.15) is 17.8 Å². The summed E-state index contributed by atoms with van der Waals surface area (Å²) in [4.78, 5) is 30.1. The number of amides is 1. The van der Waals surface area contributed by atoms with E-state index in [0.29, 0.717) is 5.02 Å². The minimum atomic E-state index is -0.621. The van der Waals surface area contributed by atoms with E-state index in [9.17, 15) is 14.9 Å². The molecule has 0 bridgehead atoms. The number of carbonyl (C=O) groups excluding carboxylic acids is 1. The van der Waals surface area contributed by atoms with Gasteiger partial charge in [-0.15, -0.1) is 0 Å². The highest BCUT2D eigenvalue weighted by atomic mass is 35.5. The van der Waals surface area contributed by atoms with Crippen molar-refractivity contribution in [3.8, 4) is 0 Å². The van der Waals surface area contributed by atoms with Crippen LogP contribution in [0.15, 0.2) is 30.6 Å². The fraction of sp³-hybridized carbons (Fsp3) is 0.0833. The molecule has 8 nitrogen and oxygen atoms in total. The standard InChI is InChI=1S/C12H10ClN5O3/c1-14-11-9(4-8(6-16-11)18(20)21)12(19)17-10-3-2-7(13)5-15-10/h2-6H,1H3,(H,14,16)(H,15,17,19). The van der Waals surface area contributed by atoms with E-state index in [4.69, 9.17) is 11.6 Å². The SMILES string of the molecule is CNc1ncc([N+](=O)[O-])cc1C(=O)Nc1ccc(Cl)cn1. The van der Waals surface area contributed by atoms with Crippen LogP contribution in [0.3, 0.4) is 0 Å². The molecule has 0 aliphatic rings. The number of pyridine rings is 2. The summed E-state index contributed by atoms with van der Waals surface area (Å²) in [5.74, 6) is -0.0598. The number of carbonyl (C=O) groups is 1. The summed E-state index contributed by atoms with van der Waals surface area (Å²) in [5, 5.41) is 16.4. The lowest BCUT2D eigenvalue weighted by Crippen LogP contribution is -2.16. The first-order chi connectivity index (χ1) is 10.0. The first-order valence-electron chi connectivity index (χ1n) is 5.76. The van der Waals surface area contributed by atoms with Crippen LogP contribution >= 0.6 is 11.6 Å². The van der Waals surface area contributed by atoms with Crippen molar-refractivity contribution in [3.05, 3.63) is 51.3 Å². The molecule has 2 aromatic heterocycles. The predicted molar refractivity (Wildman–Crippen MR) is 77.6 cm³/mol. The monoisotopic (exact) mass is 307 g/mol. The van der Waals surface area contributed by atoms with Crippen molar-refractivity contribution < 1.29 is 9.72 Å². The second-order valence-electron chi connectivity index (χ2n) is 3.91. The normalized spacial score (nSPS) is 10.0. The summed E-state index contributed by atoms with van der Waals surface area (Å²) in [6.45, 7) is 0. The molecule has 0 spiro atoms. The van der Waals surface area contributed by atoms with Gasteiger partial charge in [0.05, 0.1) is 15.5 Å². The lowest BCUT2D eigenvalue weighted by molar-refractivity contribution is -0.385. The van der Waals surface area contributed by atoms with Crippen molar-refractivity contribution in [1.82, 2.24) is 9.97 Å². The van der Waals surface area contributed by atoms with E-state index >= 15 is 0 Å². The molecule has 0 saturated carbocycles. The van der Waals surface area contributed by atoms with Crippen LogP contribution in [0.4, 0.5) is 17.3 Å². The Kier molecular flexibility index (Phi) is 4.29. The van der Waals surface area contributed by atoms with Gasteiger partial charge in [-0.3, -0.25) is 14.9 Å². The molecule has 0 radical (unpaired) electrons. The molecule has 1 amide bonds. The minimum Gasteiger partial charge on any atom is -0.372 e. The largest absolute Gasteiger partial charge is 0.372 e. The Labute approximate surface area is 124 Å². The topological polar surface area (TPSA) is 110 Å². The van der Waals surface area contributed by atoms with Crippen LogP contribution < -0.4 is 10.6 Å². The highest BCUT2D eigenvalue weighted by Crippen LogP contribution is 2.20. The quantitative estimate of drug-likeness (QED) is 0.662. The Hall–Kier alpha value is -2.74. The lowest BCUT2D eigenvalue weighted by Gasteiger charge is -2.08. The number of halogens is 1. The molecule has 2 rings (SSSR count). The summed E-state index contributed by atoms with van der Waals surface area (Å²) in [7, 11) is 1.56. The van der Waals surface area contributed by atoms with Crippen LogP contribution in [0.25, 0.3) is 0 Å². The van der Waals surface area contributed by atoms with Crippen molar-refractivity contribution in [1.29, 1.82) is 0 Å². The lowest BCUT2D eigenvalue weighted by atomic mass is 10.2. The average Bonchev–Trinajstić information content (AvgIpc) is 2.48. The van der Waals surface area contributed by atoms with E-state index in [1.165, 1.54) is 12.3 Å². The number of rotatable bonds is 4. The van der Waals surface area contributed by atoms with Crippen LogP contribution in [-0.2, 0) is 0 Å². The average molecular weight is 308 g/mol. The predicted octanol–water partition coefficient (Wildman–Crippen LogP) is 2.33. The van der Waals surface area contributed by atoms with Gasteiger partial charge >= 0.3 is 0 Å². The molecule has 9 heteroatoms. The number of nitrogens with one attached hydrogen (secondary N) is 2. The summed E-state index contributed by atoms with van der Waals surface area (Å²) in [6, 6.07) is 4.23. The Morgan fingerprint density at radius 1 is 1.33 bits per heavy atom. The van der Waals surface area contributed by atoms with E-state index < -0.39 is 10.8 Å². The molecule has 0 saturated heterocycles. The highest BCUT2D eigenvalue weighted by molar-refractivity contribution is 6.30. The first-order valence-corrected chi connectivity index (χ1v) is 6.14. The molecule has 2 N–H and O–H groups in total. The molecule has 0 aliphatic heterocycles. The van der Waals surface area contributed by atoms with E-state index in [-0.39, 0.29) is 22.9 Å². The molecule has 0 unspecified atom stereocenters. The highest BCUT2D eigenvalue weighted by Gasteiger charge is 2.18. The molecule has 2 aromatic rings. The van der Waals surface area contributed by atoms with Gasteiger partial charge in [-0.1, -0.05) is 11.6 Å². The summed E-state index contributed by atoms with van der Waals surface area (Å²) in [6.07, 6.45) is 2.45. The molecular weight excluding hydrogens is 298 g/mol. The Morgan fingerprint density at radius 3 is 2.67 bits per heavy atom. The van der Waals surface area contributed by atoms with Gasteiger partial charge in [0, 0.05) is 19.3 Å². The van der Waals surface area contributed by atoms with Crippen LogP contribution in [0.2, 0.25) is 5.02 Å². The molecule has 0 aliphatic carbocycles. The minimum absolute atomic E-state index is 0.0449.